The number of aliphatic hydroxyl groups is 1. The van der Waals surface area contributed by atoms with E-state index in [2.05, 4.69) is 20.2 Å². The van der Waals surface area contributed by atoms with E-state index in [4.69, 9.17) is 38.9 Å². The van der Waals surface area contributed by atoms with Gasteiger partial charge in [-0.2, -0.15) is 4.98 Å². The van der Waals surface area contributed by atoms with Gasteiger partial charge < -0.3 is 21.5 Å². The number of fused-ring (bicyclic) bond motifs is 1. The number of rotatable bonds is 7. The maximum atomic E-state index is 11.4. The van der Waals surface area contributed by atoms with Crippen LogP contribution in [-0.4, -0.2) is 42.7 Å². The number of carbonyl (C=O) groups is 1. The van der Waals surface area contributed by atoms with Crippen LogP contribution in [0.3, 0.4) is 0 Å². The number of primary amides is 1. The molecule has 2 fully saturated rings. The summed E-state index contributed by atoms with van der Waals surface area (Å²) in [6.07, 6.45) is 7.72. The number of aliphatic hydroxyl groups excluding tert-OH is 1. The third-order valence-corrected chi connectivity index (χ3v) is 7.67. The first-order valence-electron chi connectivity index (χ1n) is 12.1. The summed E-state index contributed by atoms with van der Waals surface area (Å²) in [6, 6.07) is 5.61. The Labute approximate surface area is 213 Å². The molecule has 2 aromatic heterocycles. The van der Waals surface area contributed by atoms with Crippen molar-refractivity contribution in [2.75, 3.05) is 10.6 Å². The number of nitrogens with two attached hydrogens (primary N) is 1. The Bertz CT molecular complexity index is 1210. The molecular weight excluding hydrogens is 489 g/mol. The number of hydrogen-bond donors (Lipinski definition) is 4. The Hall–Kier alpha value is -2.62. The quantitative estimate of drug-likeness (QED) is 0.353. The van der Waals surface area contributed by atoms with E-state index in [9.17, 15) is 9.90 Å². The van der Waals surface area contributed by atoms with Crippen LogP contribution in [0.15, 0.2) is 24.4 Å². The number of para-hydroxylation sites is 1. The summed E-state index contributed by atoms with van der Waals surface area (Å²) >= 11 is 12.9. The predicted molar refractivity (Wildman–Crippen MR) is 137 cm³/mol. The first-order chi connectivity index (χ1) is 16.9. The molecule has 5 rings (SSSR count). The normalized spacial score (nSPS) is 24.5. The number of nitrogens with zero attached hydrogens (tertiary/aromatic N) is 4. The second kappa shape index (κ2) is 10.2. The van der Waals surface area contributed by atoms with Crippen molar-refractivity contribution < 1.29 is 9.90 Å². The minimum atomic E-state index is -0.284. The van der Waals surface area contributed by atoms with Gasteiger partial charge in [0.15, 0.2) is 5.65 Å². The van der Waals surface area contributed by atoms with E-state index in [1.165, 1.54) is 0 Å². The van der Waals surface area contributed by atoms with Crippen LogP contribution in [0.25, 0.3) is 11.2 Å². The Balaban J connectivity index is 1.49. The first-order valence-corrected chi connectivity index (χ1v) is 12.8. The molecular formula is C24H29Cl2N7O2. The van der Waals surface area contributed by atoms with Crippen molar-refractivity contribution in [2.45, 2.75) is 69.6 Å². The highest BCUT2D eigenvalue weighted by atomic mass is 35.5. The minimum absolute atomic E-state index is 0.129. The molecule has 5 N–H and O–H groups in total. The zero-order chi connectivity index (χ0) is 24.5. The van der Waals surface area contributed by atoms with Gasteiger partial charge in [0.2, 0.25) is 17.8 Å². The zero-order valence-electron chi connectivity index (χ0n) is 19.3. The smallest absolute Gasteiger partial charge is 0.224 e. The number of amides is 1. The van der Waals surface area contributed by atoms with E-state index in [-0.39, 0.29) is 24.1 Å². The fourth-order valence-electron chi connectivity index (χ4n) is 5.29. The zero-order valence-corrected chi connectivity index (χ0v) is 20.8. The summed E-state index contributed by atoms with van der Waals surface area (Å²) in [5.41, 5.74) is 7.39. The van der Waals surface area contributed by atoms with Crippen molar-refractivity contribution in [1.82, 2.24) is 19.5 Å². The van der Waals surface area contributed by atoms with Crippen LogP contribution in [0.4, 0.5) is 17.6 Å². The average Bonchev–Trinajstić information content (AvgIpc) is 3.39. The van der Waals surface area contributed by atoms with E-state index < -0.39 is 0 Å². The monoisotopic (exact) mass is 517 g/mol. The summed E-state index contributed by atoms with van der Waals surface area (Å²) in [7, 11) is 0. The van der Waals surface area contributed by atoms with Crippen LogP contribution in [0, 0.1) is 5.92 Å². The Morgan fingerprint density at radius 2 is 1.86 bits per heavy atom. The average molecular weight is 518 g/mol. The molecule has 11 heteroatoms. The molecule has 0 spiro atoms. The summed E-state index contributed by atoms with van der Waals surface area (Å²) in [5, 5.41) is 17.6. The predicted octanol–water partition coefficient (Wildman–Crippen LogP) is 4.81. The van der Waals surface area contributed by atoms with Gasteiger partial charge >= 0.3 is 0 Å². The molecule has 2 aliphatic carbocycles. The number of imidazole rings is 1. The van der Waals surface area contributed by atoms with Crippen molar-refractivity contribution in [1.29, 1.82) is 0 Å². The van der Waals surface area contributed by atoms with Crippen LogP contribution in [0.1, 0.15) is 57.4 Å². The van der Waals surface area contributed by atoms with Crippen LogP contribution in [0.2, 0.25) is 10.0 Å². The largest absolute Gasteiger partial charge is 0.393 e. The lowest BCUT2D eigenvalue weighted by Crippen LogP contribution is -2.23. The van der Waals surface area contributed by atoms with E-state index >= 15 is 0 Å². The van der Waals surface area contributed by atoms with Crippen LogP contribution in [0.5, 0.6) is 0 Å². The van der Waals surface area contributed by atoms with Gasteiger partial charge in [0, 0.05) is 18.5 Å². The van der Waals surface area contributed by atoms with Gasteiger partial charge in [-0.25, -0.2) is 9.97 Å². The SMILES string of the molecule is NC(=O)CC1CCC(n2c(Nc3c(Cl)cccc3Cl)nc3cnc(N[C@H]4CC[C@H](O)C4)nc32)CC1. The highest BCUT2D eigenvalue weighted by Crippen LogP contribution is 2.39. The van der Waals surface area contributed by atoms with Crippen molar-refractivity contribution in [3.8, 4) is 0 Å². The number of benzene rings is 1. The van der Waals surface area contributed by atoms with E-state index in [1.54, 1.807) is 24.4 Å². The standard InChI is InChI=1S/C24H29Cl2N7O2/c25-17-2-1-3-18(26)21(17)31-24-30-19-12-28-23(29-14-6-9-16(34)11-14)32-22(19)33(24)15-7-4-13(5-8-15)10-20(27)35/h1-3,12-16,34H,4-11H2,(H2,27,35)(H,30,31)(H,28,29,32)/t13?,14-,15?,16-/m0/s1. The second-order valence-corrected chi connectivity index (χ2v) is 10.4. The molecule has 35 heavy (non-hydrogen) atoms. The van der Waals surface area contributed by atoms with Gasteiger partial charge in [-0.1, -0.05) is 29.3 Å². The molecule has 0 aliphatic heterocycles. The van der Waals surface area contributed by atoms with Gasteiger partial charge in [0.05, 0.1) is 28.0 Å². The van der Waals surface area contributed by atoms with Gasteiger partial charge in [0.25, 0.3) is 0 Å². The Morgan fingerprint density at radius 3 is 2.51 bits per heavy atom. The molecule has 186 valence electrons. The molecule has 0 bridgehead atoms. The van der Waals surface area contributed by atoms with Crippen molar-refractivity contribution >= 4 is 57.9 Å². The molecule has 2 heterocycles. The summed E-state index contributed by atoms with van der Waals surface area (Å²) in [4.78, 5) is 25.5. The highest BCUT2D eigenvalue weighted by molar-refractivity contribution is 6.39. The van der Waals surface area contributed by atoms with E-state index in [0.717, 1.165) is 38.5 Å². The molecule has 0 unspecified atom stereocenters. The second-order valence-electron chi connectivity index (χ2n) is 9.58. The minimum Gasteiger partial charge on any atom is -0.393 e. The number of aromatic nitrogens is 4. The molecule has 9 nitrogen and oxygen atoms in total. The molecule has 0 saturated heterocycles. The number of anilines is 3. The highest BCUT2D eigenvalue weighted by Gasteiger charge is 2.29. The first kappa shape index (κ1) is 24.1. The van der Waals surface area contributed by atoms with E-state index in [1.807, 2.05) is 0 Å². The lowest BCUT2D eigenvalue weighted by molar-refractivity contribution is -0.119. The van der Waals surface area contributed by atoms with Crippen molar-refractivity contribution in [2.24, 2.45) is 11.7 Å². The molecule has 2 saturated carbocycles. The number of hydrogen-bond acceptors (Lipinski definition) is 7. The van der Waals surface area contributed by atoms with Gasteiger partial charge in [0.1, 0.15) is 5.52 Å². The van der Waals surface area contributed by atoms with Crippen molar-refractivity contribution in [3.05, 3.63) is 34.4 Å². The fraction of sp³-hybridized carbons (Fsp3) is 0.500. The van der Waals surface area contributed by atoms with Crippen LogP contribution < -0.4 is 16.4 Å². The van der Waals surface area contributed by atoms with E-state index in [0.29, 0.717) is 57.6 Å². The van der Waals surface area contributed by atoms with Crippen molar-refractivity contribution in [3.63, 3.8) is 0 Å². The molecule has 2 aliphatic rings. The fourth-order valence-corrected chi connectivity index (χ4v) is 5.78. The Kier molecular flexibility index (Phi) is 7.00. The third kappa shape index (κ3) is 5.32. The number of carbonyl (C=O) groups excluding carboxylic acids is 1. The lowest BCUT2D eigenvalue weighted by Gasteiger charge is -2.30. The topological polar surface area (TPSA) is 131 Å². The molecule has 0 radical (unpaired) electrons. The molecule has 1 aromatic carbocycles. The third-order valence-electron chi connectivity index (χ3n) is 7.04. The molecule has 3 aromatic rings. The summed E-state index contributed by atoms with van der Waals surface area (Å²) in [5.74, 6) is 1.16. The maximum Gasteiger partial charge on any atom is 0.224 e. The molecule has 1 amide bonds. The van der Waals surface area contributed by atoms with Gasteiger partial charge in [-0.3, -0.25) is 9.36 Å². The summed E-state index contributed by atoms with van der Waals surface area (Å²) < 4.78 is 2.10. The number of halogens is 2. The summed E-state index contributed by atoms with van der Waals surface area (Å²) in [6.45, 7) is 0. The maximum absolute atomic E-state index is 11.4. The van der Waals surface area contributed by atoms with Crippen LogP contribution in [-0.2, 0) is 4.79 Å². The lowest BCUT2D eigenvalue weighted by atomic mass is 9.84. The van der Waals surface area contributed by atoms with Gasteiger partial charge in [-0.15, -0.1) is 0 Å². The molecule has 2 atom stereocenters. The Morgan fingerprint density at radius 1 is 1.11 bits per heavy atom. The van der Waals surface area contributed by atoms with Gasteiger partial charge in [-0.05, 0) is 63.0 Å². The van der Waals surface area contributed by atoms with Crippen LogP contribution >= 0.6 is 23.2 Å². The number of nitrogens with one attached hydrogen (secondary N) is 2.